The minimum absolute atomic E-state index is 0.000520. The van der Waals surface area contributed by atoms with Crippen LogP contribution in [0.2, 0.25) is 0 Å². The fourth-order valence-corrected chi connectivity index (χ4v) is 6.31. The maximum Gasteiger partial charge on any atom is 0.397 e. The zero-order chi connectivity index (χ0) is 39.8. The van der Waals surface area contributed by atoms with Crippen LogP contribution in [0.15, 0.2) is 125 Å². The number of aromatic hydroxyl groups is 2. The van der Waals surface area contributed by atoms with E-state index in [2.05, 4.69) is 46.8 Å². The van der Waals surface area contributed by atoms with Crippen molar-refractivity contribution in [2.45, 2.75) is 9.79 Å². The number of urea groups is 1. The zero-order valence-corrected chi connectivity index (χ0v) is 29.5. The molecule has 4 rings (SSSR count). The number of carbonyl (C=O) groups is 2. The number of anilines is 1. The van der Waals surface area contributed by atoms with Crippen LogP contribution < -0.4 is 11.1 Å². The van der Waals surface area contributed by atoms with Gasteiger partial charge in [-0.05, 0) is 72.8 Å². The lowest BCUT2D eigenvalue weighted by Crippen LogP contribution is -2.19. The molecule has 0 spiro atoms. The van der Waals surface area contributed by atoms with Gasteiger partial charge in [0.1, 0.15) is 17.1 Å². The van der Waals surface area contributed by atoms with E-state index >= 15 is 0 Å². The summed E-state index contributed by atoms with van der Waals surface area (Å²) >= 11 is 0. The Bertz CT molecular complexity index is 2540. The summed E-state index contributed by atoms with van der Waals surface area (Å²) in [5, 5.41) is 57.5. The number of hydrogen-bond acceptors (Lipinski definition) is 17. The molecule has 0 aliphatic heterocycles. The van der Waals surface area contributed by atoms with Crippen LogP contribution in [0.4, 0.5) is 44.6 Å². The molecule has 0 aromatic heterocycles. The Balaban J connectivity index is 1.61. The third-order valence-electron chi connectivity index (χ3n) is 6.66. The average Bonchev–Trinajstić information content (AvgIpc) is 3.10. The smallest absolute Gasteiger partial charge is 0.397 e. The van der Waals surface area contributed by atoms with Crippen LogP contribution in [0.5, 0.6) is 11.5 Å². The third-order valence-corrected chi connectivity index (χ3v) is 10.2. The molecule has 24 heteroatoms. The number of phenolic OH excluding ortho intramolecular Hbond substituents is 2. The maximum atomic E-state index is 12.4. The second-order valence-corrected chi connectivity index (χ2v) is 15.4. The van der Waals surface area contributed by atoms with Crippen molar-refractivity contribution in [1.82, 2.24) is 0 Å². The fourth-order valence-electron chi connectivity index (χ4n) is 4.12. The number of benzene rings is 4. The molecule has 0 radical (unpaired) electrons. The molecule has 0 fully saturated rings. The van der Waals surface area contributed by atoms with Gasteiger partial charge >= 0.3 is 22.4 Å². The molecule has 282 valence electrons. The lowest BCUT2D eigenvalue weighted by molar-refractivity contribution is 0.0696. The van der Waals surface area contributed by atoms with Gasteiger partial charge in [0.15, 0.2) is 31.1 Å². The largest absolute Gasteiger partial charge is 0.505 e. The molecule has 0 heterocycles. The molecule has 0 saturated carbocycles. The van der Waals surface area contributed by atoms with Gasteiger partial charge in [0.05, 0.1) is 50.5 Å². The molecule has 0 atom stereocenters. The second kappa shape index (κ2) is 16.5. The molecule has 0 aliphatic carbocycles. The predicted molar refractivity (Wildman–Crippen MR) is 189 cm³/mol. The van der Waals surface area contributed by atoms with Gasteiger partial charge in [-0.1, -0.05) is 6.58 Å². The summed E-state index contributed by atoms with van der Waals surface area (Å²) in [6, 6.07) is 13.5. The molecule has 2 amide bonds. The Labute approximate surface area is 305 Å². The SMILES string of the molecule is C=CS(=O)(=O)c1ccc(N=Nc2ccc(N=Nc3c(O)cc(C(=O)O)c(N=Nc4ccc(S(=O)(=O)CCOS(=O)(=O)O)cc4)c3O)cc2NC(N)=O)cc1. The molecule has 0 bridgehead atoms. The molecule has 7 N–H and O–H groups in total. The first kappa shape index (κ1) is 40.3. The van der Waals surface area contributed by atoms with Gasteiger partial charge in [-0.15, -0.1) is 15.3 Å². The van der Waals surface area contributed by atoms with Crippen LogP contribution in [-0.4, -0.2) is 69.5 Å². The summed E-state index contributed by atoms with van der Waals surface area (Å²) in [6.07, 6.45) is 0. The Morgan fingerprint density at radius 2 is 1.30 bits per heavy atom. The van der Waals surface area contributed by atoms with E-state index in [1.54, 1.807) is 0 Å². The standard InChI is InChI=1S/C30H26N8O13S3/c1-2-52(44,45)20-8-3-17(4-9-20)33-36-23-12-7-19(15-24(23)32-30(31)43)35-38-27-25(39)16-22(29(41)42)26(28(27)40)37-34-18-5-10-21(11-6-18)53(46,47)14-13-51-54(48,49)50/h2-12,15-16,39-40H,1,13-14H2,(H,41,42)(H3,31,32,43)(H,48,49,50). The number of aromatic carboxylic acids is 1. The number of carboxylic acids is 1. The number of sulfone groups is 2. The number of carboxylic acid groups (broad SMARTS) is 1. The number of primary amides is 1. The van der Waals surface area contributed by atoms with Crippen LogP contribution in [-0.2, 0) is 34.3 Å². The molecule has 4 aromatic rings. The number of azo groups is 3. The second-order valence-electron chi connectivity index (χ2n) is 10.4. The summed E-state index contributed by atoms with van der Waals surface area (Å²) in [5.74, 6) is -4.22. The van der Waals surface area contributed by atoms with Crippen molar-refractivity contribution in [3.05, 3.63) is 90.3 Å². The minimum atomic E-state index is -4.85. The van der Waals surface area contributed by atoms with Gasteiger partial charge in [0.25, 0.3) is 0 Å². The van der Waals surface area contributed by atoms with Crippen molar-refractivity contribution < 1.29 is 58.9 Å². The first-order chi connectivity index (χ1) is 25.3. The summed E-state index contributed by atoms with van der Waals surface area (Å²) in [5.41, 5.74) is 3.55. The van der Waals surface area contributed by atoms with Crippen LogP contribution in [0.25, 0.3) is 0 Å². The lowest BCUT2D eigenvalue weighted by atomic mass is 10.1. The van der Waals surface area contributed by atoms with Crippen molar-refractivity contribution in [3.8, 4) is 11.5 Å². The fraction of sp³-hybridized carbons (Fsp3) is 0.0667. The number of nitrogens with two attached hydrogens (primary N) is 1. The third kappa shape index (κ3) is 10.5. The Hall–Kier alpha value is -6.47. The highest BCUT2D eigenvalue weighted by Crippen LogP contribution is 2.47. The normalized spacial score (nSPS) is 12.4. The van der Waals surface area contributed by atoms with Gasteiger partial charge in [0, 0.05) is 5.41 Å². The number of nitrogens with zero attached hydrogens (tertiary/aromatic N) is 6. The number of nitrogens with one attached hydrogen (secondary N) is 1. The van der Waals surface area contributed by atoms with Crippen LogP contribution in [0.3, 0.4) is 0 Å². The molecule has 4 aromatic carbocycles. The summed E-state index contributed by atoms with van der Waals surface area (Å²) in [4.78, 5) is 23.3. The molecule has 0 unspecified atom stereocenters. The van der Waals surface area contributed by atoms with E-state index in [1.807, 2.05) is 0 Å². The van der Waals surface area contributed by atoms with E-state index in [0.717, 1.165) is 35.7 Å². The number of phenols is 2. The minimum Gasteiger partial charge on any atom is -0.505 e. The molecule has 0 saturated heterocycles. The highest BCUT2D eigenvalue weighted by atomic mass is 32.3. The van der Waals surface area contributed by atoms with Gasteiger partial charge < -0.3 is 26.4 Å². The highest BCUT2D eigenvalue weighted by molar-refractivity contribution is 7.94. The van der Waals surface area contributed by atoms with Gasteiger partial charge in [-0.2, -0.15) is 23.8 Å². The van der Waals surface area contributed by atoms with E-state index < -0.39 is 82.9 Å². The quantitative estimate of drug-likeness (QED) is 0.0590. The number of hydrogen-bond donors (Lipinski definition) is 6. The van der Waals surface area contributed by atoms with Gasteiger partial charge in [0.2, 0.25) is 0 Å². The molecular formula is C30H26N8O13S3. The Kier molecular flexibility index (Phi) is 12.3. The zero-order valence-electron chi connectivity index (χ0n) is 27.1. The van der Waals surface area contributed by atoms with Gasteiger partial charge in [-0.25, -0.2) is 30.6 Å². The van der Waals surface area contributed by atoms with Crippen LogP contribution in [0.1, 0.15) is 10.4 Å². The lowest BCUT2D eigenvalue weighted by Gasteiger charge is -2.08. The van der Waals surface area contributed by atoms with Crippen LogP contribution in [0, 0.1) is 0 Å². The maximum absolute atomic E-state index is 12.4. The monoisotopic (exact) mass is 802 g/mol. The average molecular weight is 803 g/mol. The first-order valence-corrected chi connectivity index (χ1v) is 19.1. The Morgan fingerprint density at radius 1 is 0.759 bits per heavy atom. The molecule has 21 nitrogen and oxygen atoms in total. The summed E-state index contributed by atoms with van der Waals surface area (Å²) < 4.78 is 82.6. The van der Waals surface area contributed by atoms with Crippen LogP contribution >= 0.6 is 0 Å². The number of amides is 2. The predicted octanol–water partition coefficient (Wildman–Crippen LogP) is 6.04. The summed E-state index contributed by atoms with van der Waals surface area (Å²) in [6.45, 7) is 2.41. The number of carbonyl (C=O) groups excluding carboxylic acids is 1. The van der Waals surface area contributed by atoms with Crippen molar-refractivity contribution >= 4 is 81.9 Å². The molecule has 0 aliphatic rings. The van der Waals surface area contributed by atoms with Crippen molar-refractivity contribution in [1.29, 1.82) is 0 Å². The van der Waals surface area contributed by atoms with E-state index in [1.165, 1.54) is 42.5 Å². The first-order valence-electron chi connectivity index (χ1n) is 14.5. The van der Waals surface area contributed by atoms with E-state index in [9.17, 15) is 50.2 Å². The number of rotatable bonds is 15. The summed E-state index contributed by atoms with van der Waals surface area (Å²) in [7, 11) is -12.6. The Morgan fingerprint density at radius 3 is 1.85 bits per heavy atom. The van der Waals surface area contributed by atoms with E-state index in [4.69, 9.17) is 10.3 Å². The molecular weight excluding hydrogens is 777 g/mol. The van der Waals surface area contributed by atoms with Crippen molar-refractivity contribution in [2.75, 3.05) is 17.7 Å². The van der Waals surface area contributed by atoms with Crippen molar-refractivity contribution in [2.24, 2.45) is 36.4 Å². The molecule has 54 heavy (non-hydrogen) atoms. The topological polar surface area (TPSA) is 339 Å². The highest BCUT2D eigenvalue weighted by Gasteiger charge is 2.23. The van der Waals surface area contributed by atoms with E-state index in [-0.39, 0.29) is 38.2 Å². The van der Waals surface area contributed by atoms with Gasteiger partial charge in [-0.3, -0.25) is 4.55 Å². The van der Waals surface area contributed by atoms with Crippen molar-refractivity contribution in [3.63, 3.8) is 0 Å². The van der Waals surface area contributed by atoms with E-state index in [0.29, 0.717) is 0 Å².